The molecule has 2 nitrogen and oxygen atoms in total. The molecule has 1 heterocycles. The first-order chi connectivity index (χ1) is 7.16. The zero-order valence-electron chi connectivity index (χ0n) is 8.97. The van der Waals surface area contributed by atoms with Gasteiger partial charge in [0.2, 0.25) is 0 Å². The van der Waals surface area contributed by atoms with Crippen LogP contribution in [-0.2, 0) is 0 Å². The van der Waals surface area contributed by atoms with Crippen molar-refractivity contribution in [3.05, 3.63) is 35.4 Å². The van der Waals surface area contributed by atoms with Gasteiger partial charge in [-0.1, -0.05) is 0 Å². The van der Waals surface area contributed by atoms with Crippen molar-refractivity contribution in [2.45, 2.75) is 25.4 Å². The van der Waals surface area contributed by atoms with Crippen LogP contribution in [0.4, 0.5) is 0 Å². The fourth-order valence-corrected chi connectivity index (χ4v) is 3.70. The summed E-state index contributed by atoms with van der Waals surface area (Å²) < 4.78 is 1.10. The number of aliphatic hydroxyl groups excluding tert-OH is 1. The summed E-state index contributed by atoms with van der Waals surface area (Å²) >= 11 is 0.411. The third kappa shape index (κ3) is 2.49. The van der Waals surface area contributed by atoms with Crippen LogP contribution in [0.2, 0.25) is 5.32 Å². The number of hydrogen-bond acceptors (Lipinski definition) is 2. The molecule has 1 N–H and O–H groups in total. The Bertz CT molecular complexity index is 372. The first kappa shape index (κ1) is 10.9. The Morgan fingerprint density at radius 1 is 1.33 bits per heavy atom. The number of benzene rings is 1. The zero-order valence-corrected chi connectivity index (χ0v) is 10.7. The van der Waals surface area contributed by atoms with Gasteiger partial charge in [0.1, 0.15) is 0 Å². The number of aliphatic imine (C=N–C) groups is 1. The third-order valence-corrected chi connectivity index (χ3v) is 5.28. The van der Waals surface area contributed by atoms with Crippen LogP contribution in [-0.4, -0.2) is 30.9 Å². The Hall–Kier alpha value is -0.631. The molecule has 15 heavy (non-hydrogen) atoms. The van der Waals surface area contributed by atoms with Crippen molar-refractivity contribution in [2.24, 2.45) is 10.9 Å². The number of aliphatic hydroxyl groups is 1. The molecule has 80 valence electrons. The van der Waals surface area contributed by atoms with Gasteiger partial charge in [0.25, 0.3) is 0 Å². The molecule has 1 aromatic rings. The standard InChI is InChI=1S/C12H15NOSe/c1-8-3-5-10(6-4-8)12-13-11(14)9(2)7-15-12/h3-6,9,11,14H,7H2,1-2H3/t9-,11-/m1/s1. The van der Waals surface area contributed by atoms with Gasteiger partial charge >= 0.3 is 96.4 Å². The molecule has 0 unspecified atom stereocenters. The third-order valence-electron chi connectivity index (χ3n) is 2.54. The van der Waals surface area contributed by atoms with E-state index in [0.29, 0.717) is 20.9 Å². The molecule has 1 aliphatic heterocycles. The van der Waals surface area contributed by atoms with Gasteiger partial charge in [-0.3, -0.25) is 0 Å². The van der Waals surface area contributed by atoms with Gasteiger partial charge in [0.05, 0.1) is 0 Å². The van der Waals surface area contributed by atoms with Crippen molar-refractivity contribution in [1.29, 1.82) is 0 Å². The molecule has 0 bridgehead atoms. The molecule has 2 rings (SSSR count). The minimum absolute atomic E-state index is 0.319. The topological polar surface area (TPSA) is 32.6 Å². The van der Waals surface area contributed by atoms with Gasteiger partial charge in [0, 0.05) is 0 Å². The Labute approximate surface area is 96.6 Å². The Morgan fingerprint density at radius 3 is 2.60 bits per heavy atom. The summed E-state index contributed by atoms with van der Waals surface area (Å²) in [7, 11) is 0. The van der Waals surface area contributed by atoms with Crippen LogP contribution in [0.15, 0.2) is 29.3 Å². The molecule has 0 amide bonds. The summed E-state index contributed by atoms with van der Waals surface area (Å²) in [4.78, 5) is 4.36. The fraction of sp³-hybridized carbons (Fsp3) is 0.417. The van der Waals surface area contributed by atoms with Crippen LogP contribution >= 0.6 is 0 Å². The van der Waals surface area contributed by atoms with Crippen molar-refractivity contribution in [3.8, 4) is 0 Å². The summed E-state index contributed by atoms with van der Waals surface area (Å²) in [6.45, 7) is 4.14. The van der Waals surface area contributed by atoms with E-state index in [-0.39, 0.29) is 0 Å². The van der Waals surface area contributed by atoms with Gasteiger partial charge < -0.3 is 0 Å². The van der Waals surface area contributed by atoms with E-state index in [1.807, 2.05) is 0 Å². The maximum atomic E-state index is 9.69. The second kappa shape index (κ2) is 4.48. The summed E-state index contributed by atoms with van der Waals surface area (Å²) in [6.07, 6.45) is -0.503. The Kier molecular flexibility index (Phi) is 3.25. The predicted octanol–water partition coefficient (Wildman–Crippen LogP) is 1.83. The van der Waals surface area contributed by atoms with Gasteiger partial charge in [0.15, 0.2) is 0 Å². The SMILES string of the molecule is Cc1ccc(C2=N[C@H](O)[C@H](C)C[Se]2)cc1. The first-order valence-corrected chi connectivity index (χ1v) is 7.19. The van der Waals surface area contributed by atoms with Crippen molar-refractivity contribution in [2.75, 3.05) is 0 Å². The summed E-state index contributed by atoms with van der Waals surface area (Å²) in [5, 5.41) is 10.8. The van der Waals surface area contributed by atoms with E-state index in [4.69, 9.17) is 0 Å². The predicted molar refractivity (Wildman–Crippen MR) is 63.4 cm³/mol. The summed E-state index contributed by atoms with van der Waals surface area (Å²) in [6, 6.07) is 8.38. The molecule has 0 saturated carbocycles. The Morgan fingerprint density at radius 2 is 2.00 bits per heavy atom. The average molecular weight is 268 g/mol. The fourth-order valence-electron chi connectivity index (χ4n) is 1.44. The molecular weight excluding hydrogens is 253 g/mol. The van der Waals surface area contributed by atoms with Crippen LogP contribution in [0.25, 0.3) is 0 Å². The van der Waals surface area contributed by atoms with E-state index < -0.39 is 6.23 Å². The van der Waals surface area contributed by atoms with Gasteiger partial charge in [-0.05, 0) is 0 Å². The molecule has 0 saturated heterocycles. The molecule has 3 heteroatoms. The van der Waals surface area contributed by atoms with Crippen molar-refractivity contribution < 1.29 is 5.11 Å². The molecule has 0 aromatic heterocycles. The van der Waals surface area contributed by atoms with E-state index in [1.165, 1.54) is 11.1 Å². The molecule has 2 atom stereocenters. The Balaban J connectivity index is 2.24. The second-order valence-electron chi connectivity index (χ2n) is 4.00. The minimum atomic E-state index is -0.503. The molecule has 1 aliphatic rings. The maximum absolute atomic E-state index is 9.69. The number of nitrogens with zero attached hydrogens (tertiary/aromatic N) is 1. The summed E-state index contributed by atoms with van der Waals surface area (Å²) in [5.74, 6) is 0.319. The second-order valence-corrected chi connectivity index (χ2v) is 6.12. The van der Waals surface area contributed by atoms with Gasteiger partial charge in [-0.2, -0.15) is 0 Å². The molecule has 0 spiro atoms. The van der Waals surface area contributed by atoms with E-state index in [0.717, 1.165) is 9.93 Å². The average Bonchev–Trinajstić information content (AvgIpc) is 2.23. The normalized spacial score (nSPS) is 26.2. The molecular formula is C12H15NOSe. The van der Waals surface area contributed by atoms with Crippen LogP contribution in [0.5, 0.6) is 0 Å². The van der Waals surface area contributed by atoms with Gasteiger partial charge in [-0.25, -0.2) is 0 Å². The van der Waals surface area contributed by atoms with E-state index in [9.17, 15) is 5.11 Å². The van der Waals surface area contributed by atoms with Crippen molar-refractivity contribution >= 4 is 19.6 Å². The molecule has 0 fully saturated rings. The van der Waals surface area contributed by atoms with Crippen LogP contribution < -0.4 is 0 Å². The van der Waals surface area contributed by atoms with Crippen molar-refractivity contribution in [1.82, 2.24) is 0 Å². The molecule has 0 aliphatic carbocycles. The van der Waals surface area contributed by atoms with E-state index in [1.54, 1.807) is 0 Å². The zero-order chi connectivity index (χ0) is 10.8. The first-order valence-electron chi connectivity index (χ1n) is 5.12. The molecule has 1 aromatic carbocycles. The molecule has 0 radical (unpaired) electrons. The van der Waals surface area contributed by atoms with Crippen LogP contribution in [0.3, 0.4) is 0 Å². The summed E-state index contributed by atoms with van der Waals surface area (Å²) in [5.41, 5.74) is 2.43. The number of rotatable bonds is 1. The number of aryl methyl sites for hydroxylation is 1. The van der Waals surface area contributed by atoms with Crippen LogP contribution in [0, 0.1) is 12.8 Å². The quantitative estimate of drug-likeness (QED) is 0.774. The van der Waals surface area contributed by atoms with E-state index >= 15 is 0 Å². The number of hydrogen-bond donors (Lipinski definition) is 1. The van der Waals surface area contributed by atoms with E-state index in [2.05, 4.69) is 43.1 Å². The van der Waals surface area contributed by atoms with Crippen LogP contribution in [0.1, 0.15) is 18.1 Å². The van der Waals surface area contributed by atoms with Crippen molar-refractivity contribution in [3.63, 3.8) is 0 Å². The van der Waals surface area contributed by atoms with Gasteiger partial charge in [-0.15, -0.1) is 0 Å². The monoisotopic (exact) mass is 269 g/mol.